The lowest BCUT2D eigenvalue weighted by Crippen LogP contribution is -2.27. The first kappa shape index (κ1) is 18.4. The van der Waals surface area contributed by atoms with Gasteiger partial charge in [0.25, 0.3) is 5.91 Å². The Balaban J connectivity index is 1.79. The average molecular weight is 377 g/mol. The molecule has 2 N–H and O–H groups in total. The monoisotopic (exact) mass is 377 g/mol. The molecule has 0 saturated heterocycles. The lowest BCUT2D eigenvalue weighted by Gasteiger charge is -2.10. The van der Waals surface area contributed by atoms with E-state index in [1.165, 1.54) is 17.8 Å². The highest BCUT2D eigenvalue weighted by atomic mass is 32.2. The molecule has 1 aromatic heterocycles. The molecule has 0 bridgehead atoms. The van der Waals surface area contributed by atoms with Crippen molar-refractivity contribution in [1.29, 1.82) is 0 Å². The number of para-hydroxylation sites is 1. The van der Waals surface area contributed by atoms with Gasteiger partial charge in [-0.1, -0.05) is 12.1 Å². The van der Waals surface area contributed by atoms with E-state index in [0.29, 0.717) is 23.7 Å². The molecule has 26 heavy (non-hydrogen) atoms. The first-order valence-corrected chi connectivity index (χ1v) is 9.58. The number of amides is 1. The number of carboxylic acids is 1. The summed E-state index contributed by atoms with van der Waals surface area (Å²) in [6, 6.07) is 4.87. The van der Waals surface area contributed by atoms with E-state index in [-0.39, 0.29) is 17.5 Å². The van der Waals surface area contributed by atoms with Gasteiger partial charge in [-0.15, -0.1) is 11.8 Å². The number of hydrogen-bond donors (Lipinski definition) is 2. The summed E-state index contributed by atoms with van der Waals surface area (Å²) in [4.78, 5) is 23.0. The maximum atomic E-state index is 14.4. The van der Waals surface area contributed by atoms with Gasteiger partial charge in [0.15, 0.2) is 5.69 Å². The average Bonchev–Trinajstić information content (AvgIpc) is 3.17. The van der Waals surface area contributed by atoms with E-state index in [1.54, 1.807) is 10.7 Å². The molecule has 1 aliphatic carbocycles. The Morgan fingerprint density at radius 3 is 2.92 bits per heavy atom. The number of carbonyl (C=O) groups is 2. The van der Waals surface area contributed by atoms with E-state index in [1.807, 2.05) is 13.0 Å². The van der Waals surface area contributed by atoms with Gasteiger partial charge < -0.3 is 10.4 Å². The van der Waals surface area contributed by atoms with Crippen LogP contribution in [-0.2, 0) is 17.6 Å². The first-order valence-electron chi connectivity index (χ1n) is 8.43. The number of fused-ring (bicyclic) bond motifs is 1. The maximum absolute atomic E-state index is 14.4. The highest BCUT2D eigenvalue weighted by molar-refractivity contribution is 7.99. The lowest BCUT2D eigenvalue weighted by molar-refractivity contribution is -0.133. The third-order valence-corrected chi connectivity index (χ3v) is 5.25. The molecule has 8 heteroatoms. The van der Waals surface area contributed by atoms with Gasteiger partial charge in [-0.25, -0.2) is 9.07 Å². The Morgan fingerprint density at radius 2 is 2.19 bits per heavy atom. The Kier molecular flexibility index (Phi) is 5.61. The third kappa shape index (κ3) is 3.75. The molecule has 6 nitrogen and oxygen atoms in total. The molecule has 1 heterocycles. The molecule has 0 radical (unpaired) electrons. The molecule has 0 spiro atoms. The molecule has 1 aromatic carbocycles. The van der Waals surface area contributed by atoms with Crippen molar-refractivity contribution in [3.05, 3.63) is 46.5 Å². The van der Waals surface area contributed by atoms with Gasteiger partial charge in [-0.3, -0.25) is 9.59 Å². The van der Waals surface area contributed by atoms with Crippen molar-refractivity contribution in [2.75, 3.05) is 18.1 Å². The quantitative estimate of drug-likeness (QED) is 0.724. The van der Waals surface area contributed by atoms with Gasteiger partial charge in [0, 0.05) is 23.6 Å². The fraction of sp³-hybridized carbons (Fsp3) is 0.389. The summed E-state index contributed by atoms with van der Waals surface area (Å²) in [5.41, 5.74) is 3.26. The predicted molar refractivity (Wildman–Crippen MR) is 97.6 cm³/mol. The summed E-state index contributed by atoms with van der Waals surface area (Å²) < 4.78 is 15.9. The zero-order chi connectivity index (χ0) is 18.7. The fourth-order valence-corrected chi connectivity index (χ4v) is 3.74. The second-order valence-corrected chi connectivity index (χ2v) is 7.25. The van der Waals surface area contributed by atoms with Crippen LogP contribution in [0.3, 0.4) is 0 Å². The smallest absolute Gasteiger partial charge is 0.313 e. The fourth-order valence-electron chi connectivity index (χ4n) is 3.18. The number of aromatic nitrogens is 2. The first-order chi connectivity index (χ1) is 12.5. The zero-order valence-electron chi connectivity index (χ0n) is 14.4. The minimum Gasteiger partial charge on any atom is -0.481 e. The second-order valence-electron chi connectivity index (χ2n) is 6.15. The van der Waals surface area contributed by atoms with E-state index in [9.17, 15) is 14.0 Å². The van der Waals surface area contributed by atoms with Crippen LogP contribution in [0, 0.1) is 12.7 Å². The summed E-state index contributed by atoms with van der Waals surface area (Å²) in [5, 5.41) is 15.8. The molecule has 138 valence electrons. The molecule has 0 aliphatic heterocycles. The number of carboxylic acid groups (broad SMARTS) is 1. The summed E-state index contributed by atoms with van der Waals surface area (Å²) in [6.45, 7) is 2.18. The minimum absolute atomic E-state index is 0.00641. The highest BCUT2D eigenvalue weighted by Gasteiger charge is 2.28. The van der Waals surface area contributed by atoms with Crippen LogP contribution in [0.4, 0.5) is 4.39 Å². The van der Waals surface area contributed by atoms with Crippen molar-refractivity contribution in [2.24, 2.45) is 0 Å². The summed E-state index contributed by atoms with van der Waals surface area (Å²) in [6.07, 6.45) is 2.42. The number of halogens is 1. The number of rotatable bonds is 7. The second kappa shape index (κ2) is 7.90. The summed E-state index contributed by atoms with van der Waals surface area (Å²) in [7, 11) is 0. The van der Waals surface area contributed by atoms with Crippen molar-refractivity contribution >= 4 is 23.6 Å². The number of nitrogens with one attached hydrogen (secondary N) is 1. The van der Waals surface area contributed by atoms with Crippen molar-refractivity contribution in [3.63, 3.8) is 0 Å². The molecule has 1 amide bonds. The van der Waals surface area contributed by atoms with Gasteiger partial charge in [0.2, 0.25) is 0 Å². The van der Waals surface area contributed by atoms with Crippen molar-refractivity contribution in [1.82, 2.24) is 15.1 Å². The van der Waals surface area contributed by atoms with Crippen molar-refractivity contribution < 1.29 is 19.1 Å². The van der Waals surface area contributed by atoms with Gasteiger partial charge in [-0.05, 0) is 37.8 Å². The van der Waals surface area contributed by atoms with Gasteiger partial charge >= 0.3 is 5.97 Å². The molecule has 0 unspecified atom stereocenters. The Labute approximate surface area is 154 Å². The van der Waals surface area contributed by atoms with Crippen LogP contribution in [0.1, 0.15) is 33.7 Å². The van der Waals surface area contributed by atoms with Crippen LogP contribution in [-0.4, -0.2) is 44.8 Å². The number of nitrogens with zero attached hydrogens (tertiary/aromatic N) is 2. The van der Waals surface area contributed by atoms with Gasteiger partial charge in [-0.2, -0.15) is 5.10 Å². The van der Waals surface area contributed by atoms with E-state index in [2.05, 4.69) is 10.4 Å². The van der Waals surface area contributed by atoms with Crippen LogP contribution < -0.4 is 5.32 Å². The molecular weight excluding hydrogens is 357 g/mol. The zero-order valence-corrected chi connectivity index (χ0v) is 15.2. The van der Waals surface area contributed by atoms with E-state index >= 15 is 0 Å². The van der Waals surface area contributed by atoms with E-state index in [0.717, 1.165) is 36.1 Å². The summed E-state index contributed by atoms with van der Waals surface area (Å²) in [5.74, 6) is -1.02. The molecule has 1 aliphatic rings. The largest absolute Gasteiger partial charge is 0.481 e. The van der Waals surface area contributed by atoms with Crippen LogP contribution >= 0.6 is 11.8 Å². The number of aryl methyl sites for hydroxylation is 1. The van der Waals surface area contributed by atoms with Crippen LogP contribution in [0.5, 0.6) is 0 Å². The molecular formula is C18H20FN3O3S. The lowest BCUT2D eigenvalue weighted by atomic mass is 10.1. The maximum Gasteiger partial charge on any atom is 0.313 e. The number of hydrogen-bond acceptors (Lipinski definition) is 4. The van der Waals surface area contributed by atoms with Crippen LogP contribution in [0.15, 0.2) is 18.2 Å². The Morgan fingerprint density at radius 1 is 1.38 bits per heavy atom. The molecule has 3 rings (SSSR count). The van der Waals surface area contributed by atoms with Crippen molar-refractivity contribution in [2.45, 2.75) is 26.2 Å². The predicted octanol–water partition coefficient (Wildman–Crippen LogP) is 2.36. The molecule has 0 atom stereocenters. The topological polar surface area (TPSA) is 84.2 Å². The third-order valence-electron chi connectivity index (χ3n) is 4.30. The van der Waals surface area contributed by atoms with Crippen LogP contribution in [0.2, 0.25) is 0 Å². The molecule has 0 saturated carbocycles. The van der Waals surface area contributed by atoms with Gasteiger partial charge in [0.05, 0.1) is 5.75 Å². The number of carbonyl (C=O) groups excluding carboxylic acids is 1. The highest BCUT2D eigenvalue weighted by Crippen LogP contribution is 2.29. The van der Waals surface area contributed by atoms with Crippen molar-refractivity contribution in [3.8, 4) is 5.69 Å². The number of aliphatic carboxylic acids is 1. The normalized spacial score (nSPS) is 12.8. The van der Waals surface area contributed by atoms with E-state index < -0.39 is 5.97 Å². The molecule has 0 fully saturated rings. The van der Waals surface area contributed by atoms with E-state index in [4.69, 9.17) is 5.11 Å². The van der Waals surface area contributed by atoms with Gasteiger partial charge in [0.1, 0.15) is 11.5 Å². The standard InChI is InChI=1S/C18H20FN3O3S/c1-11-4-2-6-13(19)17(11)22-14-7-3-5-12(14)16(21-22)18(25)20-8-9-26-10-15(23)24/h2,4,6H,3,5,7-10H2,1H3,(H,20,25)(H,23,24). The SMILES string of the molecule is Cc1cccc(F)c1-n1nc(C(=O)NCCSCC(=O)O)c2c1CCC2. The Hall–Kier alpha value is -2.35. The molecule has 2 aromatic rings. The number of benzene rings is 1. The number of thioether (sulfide) groups is 1. The minimum atomic E-state index is -0.877. The summed E-state index contributed by atoms with van der Waals surface area (Å²) >= 11 is 1.24. The van der Waals surface area contributed by atoms with Crippen LogP contribution in [0.25, 0.3) is 5.69 Å². The Bertz CT molecular complexity index is 830.